The van der Waals surface area contributed by atoms with Gasteiger partial charge in [-0.3, -0.25) is 0 Å². The highest BCUT2D eigenvalue weighted by Gasteiger charge is 2.29. The molecule has 1 aliphatic rings. The number of amides is 1. The number of carbonyl (C=O) groups excluding carboxylic acids is 1. The zero-order valence-corrected chi connectivity index (χ0v) is 20.6. The summed E-state index contributed by atoms with van der Waals surface area (Å²) in [6.45, 7) is 5.33. The second-order valence-electron chi connectivity index (χ2n) is 9.62. The van der Waals surface area contributed by atoms with Gasteiger partial charge in [0.25, 0.3) is 0 Å². The zero-order valence-electron chi connectivity index (χ0n) is 20.6. The Kier molecular flexibility index (Phi) is 7.47. The molecule has 1 fully saturated rings. The van der Waals surface area contributed by atoms with E-state index in [1.165, 1.54) is 23.3 Å². The minimum Gasteiger partial charge on any atom is -0.444 e. The number of pyridine rings is 2. The summed E-state index contributed by atoms with van der Waals surface area (Å²) in [7, 11) is 0. The Labute approximate surface area is 212 Å². The monoisotopic (exact) mass is 511 g/mol. The molecule has 0 aromatic carbocycles. The fourth-order valence-corrected chi connectivity index (χ4v) is 4.01. The summed E-state index contributed by atoms with van der Waals surface area (Å²) in [5, 5.41) is 25.6. The minimum absolute atomic E-state index is 0.0218. The van der Waals surface area contributed by atoms with Gasteiger partial charge in [-0.2, -0.15) is 9.94 Å². The lowest BCUT2D eigenvalue weighted by molar-refractivity contribution is 0.0488. The number of nitrogens with zero attached hydrogens (tertiary/aromatic N) is 6. The quantitative estimate of drug-likeness (QED) is 0.444. The molecule has 37 heavy (non-hydrogen) atoms. The number of alkyl carbamates (subject to hydrolysis) is 1. The van der Waals surface area contributed by atoms with Gasteiger partial charge < -0.3 is 20.7 Å². The normalized spacial score (nSPS) is 17.5. The van der Waals surface area contributed by atoms with Crippen molar-refractivity contribution in [2.45, 2.75) is 64.1 Å². The van der Waals surface area contributed by atoms with Gasteiger partial charge in [0.2, 0.25) is 0 Å². The third-order valence-corrected chi connectivity index (χ3v) is 5.61. The molecular weight excluding hydrogens is 484 g/mol. The highest BCUT2D eigenvalue weighted by Crippen LogP contribution is 2.27. The van der Waals surface area contributed by atoms with Gasteiger partial charge in [0, 0.05) is 12.1 Å². The average molecular weight is 512 g/mol. The maximum Gasteiger partial charge on any atom is 0.407 e. The molecule has 4 rings (SSSR count). The van der Waals surface area contributed by atoms with Crippen molar-refractivity contribution in [1.82, 2.24) is 30.3 Å². The number of nitrogens with one attached hydrogen (secondary N) is 3. The molecule has 3 N–H and O–H groups in total. The molecule has 3 heterocycles. The van der Waals surface area contributed by atoms with E-state index in [0.717, 1.165) is 25.0 Å². The van der Waals surface area contributed by atoms with Crippen LogP contribution in [0.1, 0.15) is 52.0 Å². The van der Waals surface area contributed by atoms with E-state index in [0.29, 0.717) is 12.8 Å². The number of ether oxygens (including phenoxy) is 1. The summed E-state index contributed by atoms with van der Waals surface area (Å²) in [4.78, 5) is 20.6. The number of aromatic nitrogens is 5. The molecule has 1 amide bonds. The fourth-order valence-electron chi connectivity index (χ4n) is 4.01. The smallest absolute Gasteiger partial charge is 0.407 e. The lowest BCUT2D eigenvalue weighted by Gasteiger charge is -2.33. The highest BCUT2D eigenvalue weighted by molar-refractivity contribution is 5.68. The Morgan fingerprint density at radius 3 is 2.57 bits per heavy atom. The Hall–Kier alpha value is -4.34. The van der Waals surface area contributed by atoms with E-state index in [-0.39, 0.29) is 40.8 Å². The molecule has 0 radical (unpaired) electrons. The van der Waals surface area contributed by atoms with Gasteiger partial charge in [-0.1, -0.05) is 18.1 Å². The van der Waals surface area contributed by atoms with E-state index in [1.54, 1.807) is 20.8 Å². The van der Waals surface area contributed by atoms with Crippen molar-refractivity contribution in [3.05, 3.63) is 47.9 Å². The molecule has 0 unspecified atom stereocenters. The number of hydrogen-bond donors (Lipinski definition) is 3. The summed E-state index contributed by atoms with van der Waals surface area (Å²) in [6, 6.07) is 3.47. The van der Waals surface area contributed by atoms with Crippen LogP contribution >= 0.6 is 0 Å². The van der Waals surface area contributed by atoms with Crippen LogP contribution in [0.2, 0.25) is 0 Å². The van der Waals surface area contributed by atoms with E-state index in [1.807, 2.05) is 6.07 Å². The Morgan fingerprint density at radius 2 is 1.92 bits per heavy atom. The van der Waals surface area contributed by atoms with Gasteiger partial charge in [0.05, 0.1) is 35.9 Å². The number of halogens is 2. The number of anilines is 3. The number of hydrogen-bond acceptors (Lipinski definition) is 9. The third-order valence-electron chi connectivity index (χ3n) is 5.61. The molecule has 0 bridgehead atoms. The molecule has 2 atom stereocenters. The number of nitriles is 1. The van der Waals surface area contributed by atoms with Crippen molar-refractivity contribution in [2.75, 3.05) is 10.6 Å². The molecular formula is C24H27F2N9O2. The lowest BCUT2D eigenvalue weighted by Crippen LogP contribution is -2.50. The zero-order chi connectivity index (χ0) is 26.6. The summed E-state index contributed by atoms with van der Waals surface area (Å²) >= 11 is 0. The first-order chi connectivity index (χ1) is 17.6. The van der Waals surface area contributed by atoms with E-state index in [9.17, 15) is 18.8 Å². The SMILES string of the molecule is CC(C)(C)OC(=O)N[C@H]1CCCC[C@H]1Nc1nc(Nc2cnc(-n3ccnn3)c(F)c2)c(C#N)cc1F. The highest BCUT2D eigenvalue weighted by atomic mass is 19.1. The largest absolute Gasteiger partial charge is 0.444 e. The molecule has 0 spiro atoms. The molecule has 1 saturated carbocycles. The predicted molar refractivity (Wildman–Crippen MR) is 130 cm³/mol. The topological polar surface area (TPSA) is 143 Å². The molecule has 3 aromatic heterocycles. The van der Waals surface area contributed by atoms with E-state index in [4.69, 9.17) is 4.74 Å². The Balaban J connectivity index is 1.54. The van der Waals surface area contributed by atoms with Crippen LogP contribution < -0.4 is 16.0 Å². The van der Waals surface area contributed by atoms with Crippen LogP contribution in [0.3, 0.4) is 0 Å². The van der Waals surface area contributed by atoms with Crippen LogP contribution in [0.15, 0.2) is 30.7 Å². The van der Waals surface area contributed by atoms with Crippen molar-refractivity contribution in [2.24, 2.45) is 0 Å². The number of rotatable bonds is 6. The summed E-state index contributed by atoms with van der Waals surface area (Å²) in [5.74, 6) is -1.55. The molecule has 0 saturated heterocycles. The molecule has 11 nitrogen and oxygen atoms in total. The second-order valence-corrected chi connectivity index (χ2v) is 9.62. The summed E-state index contributed by atoms with van der Waals surface area (Å²) in [5.41, 5.74) is -0.522. The Bertz CT molecular complexity index is 1300. The third kappa shape index (κ3) is 6.46. The van der Waals surface area contributed by atoms with Crippen LogP contribution in [0, 0.1) is 23.0 Å². The van der Waals surface area contributed by atoms with E-state index < -0.39 is 23.3 Å². The van der Waals surface area contributed by atoms with Gasteiger partial charge in [-0.15, -0.1) is 5.10 Å². The van der Waals surface area contributed by atoms with Crippen LogP contribution in [0.4, 0.5) is 30.9 Å². The Morgan fingerprint density at radius 1 is 1.16 bits per heavy atom. The maximum atomic E-state index is 14.9. The van der Waals surface area contributed by atoms with Crippen LogP contribution in [-0.4, -0.2) is 48.7 Å². The minimum atomic E-state index is -0.727. The molecule has 1 aliphatic carbocycles. The van der Waals surface area contributed by atoms with Crippen molar-refractivity contribution in [3.63, 3.8) is 0 Å². The van der Waals surface area contributed by atoms with Gasteiger partial charge in [0.15, 0.2) is 29.1 Å². The van der Waals surface area contributed by atoms with Crippen LogP contribution in [0.25, 0.3) is 5.82 Å². The first kappa shape index (κ1) is 25.7. The molecule has 13 heteroatoms. The van der Waals surface area contributed by atoms with Gasteiger partial charge in [-0.05, 0) is 39.7 Å². The number of carbonyl (C=O) groups is 1. The van der Waals surface area contributed by atoms with E-state index in [2.05, 4.69) is 36.2 Å². The van der Waals surface area contributed by atoms with Crippen molar-refractivity contribution in [3.8, 4) is 11.9 Å². The van der Waals surface area contributed by atoms with Gasteiger partial charge >= 0.3 is 6.09 Å². The van der Waals surface area contributed by atoms with Gasteiger partial charge in [0.1, 0.15) is 11.7 Å². The average Bonchev–Trinajstić information content (AvgIpc) is 3.35. The van der Waals surface area contributed by atoms with Crippen molar-refractivity contribution < 1.29 is 18.3 Å². The van der Waals surface area contributed by atoms with E-state index >= 15 is 0 Å². The standard InChI is InChI=1S/C24H27F2N9O2/c1-24(2,3)37-23(36)32-19-7-5-4-6-18(19)31-21-16(25)10-14(12-27)20(33-21)30-15-11-17(26)22(28-13-15)35-9-8-29-34-35/h8-11,13,18-19H,4-7H2,1-3H3,(H,32,36)(H2,30,31,33)/t18-,19+/m1/s1. The van der Waals surface area contributed by atoms with Crippen molar-refractivity contribution >= 4 is 23.4 Å². The summed E-state index contributed by atoms with van der Waals surface area (Å²) < 4.78 is 36.0. The van der Waals surface area contributed by atoms with Crippen molar-refractivity contribution in [1.29, 1.82) is 5.26 Å². The molecule has 0 aliphatic heterocycles. The second kappa shape index (κ2) is 10.7. The van der Waals surface area contributed by atoms with Crippen LogP contribution in [0.5, 0.6) is 0 Å². The van der Waals surface area contributed by atoms with Crippen LogP contribution in [-0.2, 0) is 4.74 Å². The van der Waals surface area contributed by atoms with Gasteiger partial charge in [-0.25, -0.2) is 23.5 Å². The maximum absolute atomic E-state index is 14.9. The molecule has 3 aromatic rings. The first-order valence-electron chi connectivity index (χ1n) is 11.8. The first-order valence-corrected chi connectivity index (χ1v) is 11.8. The lowest BCUT2D eigenvalue weighted by atomic mass is 9.90. The summed E-state index contributed by atoms with van der Waals surface area (Å²) in [6.07, 6.45) is 6.76. The molecule has 194 valence electrons. The predicted octanol–water partition coefficient (Wildman–Crippen LogP) is 4.20. The fraction of sp³-hybridized carbons (Fsp3) is 0.417.